The van der Waals surface area contributed by atoms with Gasteiger partial charge in [0, 0.05) is 12.0 Å². The van der Waals surface area contributed by atoms with E-state index in [-0.39, 0.29) is 29.8 Å². The largest absolute Gasteiger partial charge is 0.416 e. The number of carbonyl (C=O) groups is 1. The summed E-state index contributed by atoms with van der Waals surface area (Å²) in [5, 5.41) is 0. The van der Waals surface area contributed by atoms with E-state index in [2.05, 4.69) is 0 Å². The lowest BCUT2D eigenvalue weighted by atomic mass is 9.99. The molecule has 1 aliphatic rings. The average Bonchev–Trinajstić information content (AvgIpc) is 2.45. The smallest absolute Gasteiger partial charge is 0.294 e. The number of rotatable bonds is 0. The molecule has 0 atom stereocenters. The standard InChI is InChI=1S/C11H9F3O/c1-6-4-8-7(2-3-10(8)15)9(5-6)11(12,13)14/h4-5H,2-3H2,1H3. The van der Waals surface area contributed by atoms with Crippen molar-refractivity contribution in [3.05, 3.63) is 34.4 Å². The van der Waals surface area contributed by atoms with Gasteiger partial charge in [0.2, 0.25) is 0 Å². The Morgan fingerprint density at radius 2 is 1.87 bits per heavy atom. The Bertz CT molecular complexity index is 432. The molecule has 1 nitrogen and oxygen atoms in total. The van der Waals surface area contributed by atoms with Gasteiger partial charge in [-0.05, 0) is 36.6 Å². The molecule has 80 valence electrons. The van der Waals surface area contributed by atoms with E-state index < -0.39 is 11.7 Å². The third kappa shape index (κ3) is 1.64. The highest BCUT2D eigenvalue weighted by Crippen LogP contribution is 2.37. The van der Waals surface area contributed by atoms with Crippen LogP contribution in [-0.4, -0.2) is 5.78 Å². The van der Waals surface area contributed by atoms with Gasteiger partial charge in [0.05, 0.1) is 5.56 Å². The summed E-state index contributed by atoms with van der Waals surface area (Å²) >= 11 is 0. The molecule has 0 aliphatic heterocycles. The molecule has 0 unspecified atom stereocenters. The van der Waals surface area contributed by atoms with E-state index in [0.29, 0.717) is 5.56 Å². The van der Waals surface area contributed by atoms with Crippen molar-refractivity contribution in [2.75, 3.05) is 0 Å². The van der Waals surface area contributed by atoms with Crippen molar-refractivity contribution in [2.24, 2.45) is 0 Å². The van der Waals surface area contributed by atoms with Gasteiger partial charge in [0.25, 0.3) is 0 Å². The highest BCUT2D eigenvalue weighted by molar-refractivity contribution is 6.01. The van der Waals surface area contributed by atoms with Gasteiger partial charge in [-0.2, -0.15) is 13.2 Å². The normalized spacial score (nSPS) is 15.6. The molecule has 0 spiro atoms. The Hall–Kier alpha value is -1.32. The number of hydrogen-bond donors (Lipinski definition) is 0. The summed E-state index contributed by atoms with van der Waals surface area (Å²) in [6, 6.07) is 2.65. The van der Waals surface area contributed by atoms with Gasteiger partial charge < -0.3 is 0 Å². The summed E-state index contributed by atoms with van der Waals surface area (Å²) in [4.78, 5) is 11.3. The number of fused-ring (bicyclic) bond motifs is 1. The summed E-state index contributed by atoms with van der Waals surface area (Å²) in [5.41, 5.74) is 0.250. The first-order chi connectivity index (χ1) is 6.89. The van der Waals surface area contributed by atoms with E-state index in [4.69, 9.17) is 0 Å². The number of halogens is 3. The molecule has 0 aromatic heterocycles. The van der Waals surface area contributed by atoms with Crippen molar-refractivity contribution in [3.63, 3.8) is 0 Å². The van der Waals surface area contributed by atoms with Crippen molar-refractivity contribution in [3.8, 4) is 0 Å². The number of alkyl halides is 3. The molecule has 1 aromatic carbocycles. The number of benzene rings is 1. The second-order valence-electron chi connectivity index (χ2n) is 3.76. The summed E-state index contributed by atoms with van der Waals surface area (Å²) in [5.74, 6) is -0.181. The minimum absolute atomic E-state index is 0.165. The fourth-order valence-corrected chi connectivity index (χ4v) is 1.96. The van der Waals surface area contributed by atoms with Gasteiger partial charge in [-0.1, -0.05) is 0 Å². The van der Waals surface area contributed by atoms with Crippen LogP contribution in [0.25, 0.3) is 0 Å². The van der Waals surface area contributed by atoms with E-state index in [9.17, 15) is 18.0 Å². The second-order valence-corrected chi connectivity index (χ2v) is 3.76. The predicted octanol–water partition coefficient (Wildman–Crippen LogP) is 3.14. The molecule has 4 heteroatoms. The number of Topliss-reactive ketones (excluding diaryl/α,β-unsaturated/α-hetero) is 1. The van der Waals surface area contributed by atoms with E-state index in [1.807, 2.05) is 0 Å². The highest BCUT2D eigenvalue weighted by Gasteiger charge is 2.37. The van der Waals surface area contributed by atoms with Crippen LogP contribution in [-0.2, 0) is 12.6 Å². The van der Waals surface area contributed by atoms with Gasteiger partial charge in [0.1, 0.15) is 0 Å². The summed E-state index contributed by atoms with van der Waals surface area (Å²) in [7, 11) is 0. The minimum Gasteiger partial charge on any atom is -0.294 e. The molecule has 15 heavy (non-hydrogen) atoms. The predicted molar refractivity (Wildman–Crippen MR) is 48.8 cm³/mol. The quantitative estimate of drug-likeness (QED) is 0.648. The Balaban J connectivity index is 2.67. The SMILES string of the molecule is Cc1cc2c(c(C(F)(F)F)c1)CCC2=O. The number of ketones is 1. The molecule has 1 aliphatic carbocycles. The van der Waals surface area contributed by atoms with Crippen molar-refractivity contribution in [2.45, 2.75) is 25.9 Å². The third-order valence-electron chi connectivity index (χ3n) is 2.60. The summed E-state index contributed by atoms with van der Waals surface area (Å²) in [6.07, 6.45) is -3.95. The topological polar surface area (TPSA) is 17.1 Å². The summed E-state index contributed by atoms with van der Waals surface area (Å²) < 4.78 is 37.9. The van der Waals surface area contributed by atoms with Crippen LogP contribution < -0.4 is 0 Å². The molecule has 0 amide bonds. The van der Waals surface area contributed by atoms with Gasteiger partial charge in [0.15, 0.2) is 5.78 Å². The van der Waals surface area contributed by atoms with Gasteiger partial charge in [-0.15, -0.1) is 0 Å². The molecule has 0 radical (unpaired) electrons. The Labute approximate surface area is 84.9 Å². The zero-order valence-corrected chi connectivity index (χ0v) is 8.11. The van der Waals surface area contributed by atoms with E-state index >= 15 is 0 Å². The fourth-order valence-electron chi connectivity index (χ4n) is 1.96. The third-order valence-corrected chi connectivity index (χ3v) is 2.60. The van der Waals surface area contributed by atoms with Crippen LogP contribution in [0.1, 0.15) is 33.5 Å². The molecular weight excluding hydrogens is 205 g/mol. The van der Waals surface area contributed by atoms with Crippen LogP contribution in [0.5, 0.6) is 0 Å². The Kier molecular flexibility index (Phi) is 2.10. The molecule has 0 N–H and O–H groups in total. The molecule has 0 saturated carbocycles. The highest BCUT2D eigenvalue weighted by atomic mass is 19.4. The van der Waals surface area contributed by atoms with Crippen LogP contribution in [0, 0.1) is 6.92 Å². The maximum atomic E-state index is 12.6. The second kappa shape index (κ2) is 3.08. The molecular formula is C11H9F3O. The maximum absolute atomic E-state index is 12.6. The zero-order valence-electron chi connectivity index (χ0n) is 8.11. The number of carbonyl (C=O) groups excluding carboxylic acids is 1. The van der Waals surface area contributed by atoms with Crippen LogP contribution in [0.4, 0.5) is 13.2 Å². The lowest BCUT2D eigenvalue weighted by molar-refractivity contribution is -0.138. The van der Waals surface area contributed by atoms with Crippen molar-refractivity contribution >= 4 is 5.78 Å². The zero-order chi connectivity index (χ0) is 11.2. The van der Waals surface area contributed by atoms with Crippen LogP contribution in [0.3, 0.4) is 0 Å². The van der Waals surface area contributed by atoms with Crippen molar-refractivity contribution < 1.29 is 18.0 Å². The van der Waals surface area contributed by atoms with Gasteiger partial charge in [-0.3, -0.25) is 4.79 Å². The van der Waals surface area contributed by atoms with E-state index in [0.717, 1.165) is 6.07 Å². The molecule has 2 rings (SSSR count). The van der Waals surface area contributed by atoms with Gasteiger partial charge in [-0.25, -0.2) is 0 Å². The molecule has 0 heterocycles. The number of aryl methyl sites for hydroxylation is 1. The Morgan fingerprint density at radius 3 is 2.47 bits per heavy atom. The molecule has 0 fully saturated rings. The average molecular weight is 214 g/mol. The first-order valence-corrected chi connectivity index (χ1v) is 4.63. The van der Waals surface area contributed by atoms with Crippen molar-refractivity contribution in [1.29, 1.82) is 0 Å². The van der Waals surface area contributed by atoms with Gasteiger partial charge >= 0.3 is 6.18 Å². The lowest BCUT2D eigenvalue weighted by Gasteiger charge is -2.12. The minimum atomic E-state index is -4.36. The first-order valence-electron chi connectivity index (χ1n) is 4.63. The van der Waals surface area contributed by atoms with Crippen LogP contribution in [0.15, 0.2) is 12.1 Å². The monoisotopic (exact) mass is 214 g/mol. The Morgan fingerprint density at radius 1 is 1.20 bits per heavy atom. The first kappa shape index (κ1) is 10.2. The number of hydrogen-bond acceptors (Lipinski definition) is 1. The molecule has 0 bridgehead atoms. The molecule has 0 saturated heterocycles. The lowest BCUT2D eigenvalue weighted by Crippen LogP contribution is -2.10. The van der Waals surface area contributed by atoms with E-state index in [1.54, 1.807) is 13.0 Å². The van der Waals surface area contributed by atoms with Crippen molar-refractivity contribution in [1.82, 2.24) is 0 Å². The molecule has 1 aromatic rings. The fraction of sp³-hybridized carbons (Fsp3) is 0.364. The van der Waals surface area contributed by atoms with E-state index in [1.165, 1.54) is 0 Å². The van der Waals surface area contributed by atoms with Crippen LogP contribution in [0.2, 0.25) is 0 Å². The maximum Gasteiger partial charge on any atom is 0.416 e. The summed E-state index contributed by atoms with van der Waals surface area (Å²) in [6.45, 7) is 1.57. The van der Waals surface area contributed by atoms with Crippen LogP contribution >= 0.6 is 0 Å².